The van der Waals surface area contributed by atoms with Gasteiger partial charge in [-0.2, -0.15) is 13.2 Å². The molecule has 0 spiro atoms. The van der Waals surface area contributed by atoms with Gasteiger partial charge in [0.2, 0.25) is 0 Å². The van der Waals surface area contributed by atoms with Crippen LogP contribution >= 0.6 is 0 Å². The number of alkyl halides is 5. The number of halogens is 5. The molecule has 0 aliphatic rings. The molecule has 0 unspecified atom stereocenters. The van der Waals surface area contributed by atoms with Crippen LogP contribution in [0.15, 0.2) is 0 Å². The molecule has 0 fully saturated rings. The van der Waals surface area contributed by atoms with Crippen molar-refractivity contribution in [1.82, 2.24) is 0 Å². The van der Waals surface area contributed by atoms with Crippen LogP contribution in [0.4, 0.5) is 22.0 Å². The summed E-state index contributed by atoms with van der Waals surface area (Å²) in [4.78, 5) is 0. The molecular formula is C5H9F5N+. The smallest absolute Gasteiger partial charge is 0.262 e. The van der Waals surface area contributed by atoms with Gasteiger partial charge < -0.3 is 0 Å². The van der Waals surface area contributed by atoms with E-state index in [-0.39, 0.29) is 0 Å². The van der Waals surface area contributed by atoms with Gasteiger partial charge in [0, 0.05) is 0 Å². The van der Waals surface area contributed by atoms with Gasteiger partial charge in [0.15, 0.2) is 0 Å². The van der Waals surface area contributed by atoms with E-state index < -0.39 is 16.7 Å². The second-order valence-electron chi connectivity index (χ2n) is 3.05. The van der Waals surface area contributed by atoms with E-state index in [1.54, 1.807) is 0 Å². The Labute approximate surface area is 61.0 Å². The molecule has 0 saturated heterocycles. The average Bonchev–Trinajstić information content (AvgIpc) is 1.58. The molecule has 0 aromatic rings. The van der Waals surface area contributed by atoms with E-state index in [9.17, 15) is 22.0 Å². The van der Waals surface area contributed by atoms with Crippen LogP contribution in [0.5, 0.6) is 0 Å². The summed E-state index contributed by atoms with van der Waals surface area (Å²) in [5.41, 5.74) is 0. The molecule has 0 saturated carbocycles. The van der Waals surface area contributed by atoms with E-state index in [1.807, 2.05) is 0 Å². The number of hydrogen-bond acceptors (Lipinski definition) is 0. The van der Waals surface area contributed by atoms with Crippen LogP contribution < -0.4 is 0 Å². The maximum atomic E-state index is 12.3. The molecule has 0 bridgehead atoms. The number of hydrogen-bond donors (Lipinski definition) is 0. The van der Waals surface area contributed by atoms with Crippen molar-refractivity contribution >= 4 is 0 Å². The summed E-state index contributed by atoms with van der Waals surface area (Å²) in [5.74, 6) is 0. The van der Waals surface area contributed by atoms with Gasteiger partial charge in [0.1, 0.15) is 0 Å². The zero-order valence-electron chi connectivity index (χ0n) is 6.34. The molecule has 0 atom stereocenters. The van der Waals surface area contributed by atoms with Crippen molar-refractivity contribution in [2.24, 2.45) is 0 Å². The third kappa shape index (κ3) is 1.79. The van der Waals surface area contributed by atoms with E-state index in [2.05, 4.69) is 0 Å². The van der Waals surface area contributed by atoms with E-state index >= 15 is 0 Å². The summed E-state index contributed by atoms with van der Waals surface area (Å²) in [6.45, 7) is 0. The molecule has 0 rings (SSSR count). The minimum absolute atomic E-state index is 0.785. The largest absolute Gasteiger partial charge is 0.515 e. The number of quaternary nitrogens is 1. The van der Waals surface area contributed by atoms with Crippen LogP contribution in [0, 0.1) is 0 Å². The van der Waals surface area contributed by atoms with E-state index in [0.29, 0.717) is 0 Å². The Balaban J connectivity index is 4.75. The zero-order chi connectivity index (χ0) is 9.50. The lowest BCUT2D eigenvalue weighted by molar-refractivity contribution is -0.976. The maximum Gasteiger partial charge on any atom is 0.515 e. The van der Waals surface area contributed by atoms with Gasteiger partial charge in [0.05, 0.1) is 21.1 Å². The van der Waals surface area contributed by atoms with Crippen LogP contribution in [-0.4, -0.2) is 37.8 Å². The molecule has 0 aliphatic carbocycles. The van der Waals surface area contributed by atoms with Crippen molar-refractivity contribution in [3.8, 4) is 0 Å². The van der Waals surface area contributed by atoms with Crippen LogP contribution in [0.3, 0.4) is 0 Å². The lowest BCUT2D eigenvalue weighted by Gasteiger charge is -2.33. The molecular weight excluding hydrogens is 169 g/mol. The Morgan fingerprint density at radius 1 is 0.818 bits per heavy atom. The van der Waals surface area contributed by atoms with Crippen molar-refractivity contribution in [1.29, 1.82) is 0 Å². The summed E-state index contributed by atoms with van der Waals surface area (Å²) < 4.78 is 57.8. The minimum Gasteiger partial charge on any atom is -0.262 e. The fraction of sp³-hybridized carbons (Fsp3) is 1.00. The maximum absolute atomic E-state index is 12.3. The highest BCUT2D eigenvalue weighted by Gasteiger charge is 2.68. The molecule has 0 aromatic heterocycles. The van der Waals surface area contributed by atoms with Crippen molar-refractivity contribution in [3.05, 3.63) is 0 Å². The fourth-order valence-electron chi connectivity index (χ4n) is 0.380. The van der Waals surface area contributed by atoms with Gasteiger partial charge >= 0.3 is 12.2 Å². The Morgan fingerprint density at radius 3 is 1.09 bits per heavy atom. The van der Waals surface area contributed by atoms with Crippen molar-refractivity contribution < 1.29 is 26.4 Å². The third-order valence-corrected chi connectivity index (χ3v) is 1.18. The Kier molecular flexibility index (Phi) is 2.22. The predicted molar refractivity (Wildman–Crippen MR) is 29.0 cm³/mol. The first-order chi connectivity index (χ1) is 4.50. The molecule has 0 aromatic carbocycles. The summed E-state index contributed by atoms with van der Waals surface area (Å²) in [6.07, 6.45) is -5.48. The quantitative estimate of drug-likeness (QED) is 0.326. The molecule has 0 amide bonds. The first-order valence-corrected chi connectivity index (χ1v) is 2.76. The average molecular weight is 178 g/mol. The van der Waals surface area contributed by atoms with Gasteiger partial charge in [-0.3, -0.25) is 4.48 Å². The Morgan fingerprint density at radius 2 is 1.09 bits per heavy atom. The normalized spacial score (nSPS) is 15.3. The molecule has 11 heavy (non-hydrogen) atoms. The Hall–Kier alpha value is -0.390. The van der Waals surface area contributed by atoms with E-state index in [4.69, 9.17) is 0 Å². The van der Waals surface area contributed by atoms with E-state index in [0.717, 1.165) is 21.1 Å². The molecule has 0 aliphatic heterocycles. The molecule has 68 valence electrons. The fourth-order valence-corrected chi connectivity index (χ4v) is 0.380. The second-order valence-corrected chi connectivity index (χ2v) is 3.05. The predicted octanol–water partition coefficient (Wildman–Crippen LogP) is 1.85. The third-order valence-electron chi connectivity index (χ3n) is 1.18. The van der Waals surface area contributed by atoms with Crippen molar-refractivity contribution in [3.63, 3.8) is 0 Å². The number of rotatable bonds is 1. The monoisotopic (exact) mass is 178 g/mol. The van der Waals surface area contributed by atoms with Gasteiger partial charge in [-0.25, -0.2) is 0 Å². The second kappa shape index (κ2) is 2.30. The van der Waals surface area contributed by atoms with Crippen LogP contribution in [0.1, 0.15) is 0 Å². The first-order valence-electron chi connectivity index (χ1n) is 2.76. The van der Waals surface area contributed by atoms with Crippen LogP contribution in [-0.2, 0) is 0 Å². The summed E-state index contributed by atoms with van der Waals surface area (Å²) in [7, 11) is 2.36. The molecule has 0 heterocycles. The van der Waals surface area contributed by atoms with Gasteiger partial charge in [-0.15, -0.1) is 8.78 Å². The van der Waals surface area contributed by atoms with Crippen LogP contribution in [0.2, 0.25) is 0 Å². The lowest BCUT2D eigenvalue weighted by Crippen LogP contribution is -2.59. The summed E-state index contributed by atoms with van der Waals surface area (Å²) >= 11 is 0. The van der Waals surface area contributed by atoms with Gasteiger partial charge in [0.25, 0.3) is 0 Å². The molecule has 0 N–H and O–H groups in total. The first kappa shape index (κ1) is 10.6. The lowest BCUT2D eigenvalue weighted by atomic mass is 10.4. The zero-order valence-corrected chi connectivity index (χ0v) is 6.34. The van der Waals surface area contributed by atoms with Crippen molar-refractivity contribution in [2.45, 2.75) is 12.2 Å². The molecule has 6 heteroatoms. The minimum atomic E-state index is -5.48. The summed E-state index contributed by atoms with van der Waals surface area (Å²) in [6, 6.07) is -4.69. The Bertz CT molecular complexity index is 126. The van der Waals surface area contributed by atoms with Crippen molar-refractivity contribution in [2.75, 3.05) is 21.1 Å². The van der Waals surface area contributed by atoms with E-state index in [1.165, 1.54) is 0 Å². The number of nitrogens with zero attached hydrogens (tertiary/aromatic N) is 1. The van der Waals surface area contributed by atoms with Crippen LogP contribution in [0.25, 0.3) is 0 Å². The molecule has 1 nitrogen and oxygen atoms in total. The highest BCUT2D eigenvalue weighted by molar-refractivity contribution is 4.63. The van der Waals surface area contributed by atoms with Gasteiger partial charge in [-0.1, -0.05) is 0 Å². The highest BCUT2D eigenvalue weighted by atomic mass is 19.4. The van der Waals surface area contributed by atoms with Gasteiger partial charge in [-0.05, 0) is 0 Å². The standard InChI is InChI=1S/C5H9F5N/c1-11(2,3)5(9,10)4(6,7)8/h1-3H3/q+1. The topological polar surface area (TPSA) is 0 Å². The SMILES string of the molecule is C[N+](C)(C)C(F)(F)C(F)(F)F. The summed E-state index contributed by atoms with van der Waals surface area (Å²) in [5, 5.41) is 0. The molecule has 0 radical (unpaired) electrons. The highest BCUT2D eigenvalue weighted by Crippen LogP contribution is 2.39.